The van der Waals surface area contributed by atoms with Gasteiger partial charge in [0.15, 0.2) is 0 Å². The number of hydrogen-bond donors (Lipinski definition) is 1. The number of nitrogen functional groups attached to an aromatic ring is 1. The van der Waals surface area contributed by atoms with Crippen LogP contribution in [0.5, 0.6) is 0 Å². The van der Waals surface area contributed by atoms with E-state index in [1.54, 1.807) is 0 Å². The molecular weight excluding hydrogens is 268 g/mol. The van der Waals surface area contributed by atoms with Crippen molar-refractivity contribution in [2.24, 2.45) is 0 Å². The molecule has 0 saturated carbocycles. The Morgan fingerprint density at radius 3 is 2.44 bits per heavy atom. The number of aromatic nitrogens is 2. The standard InChI is InChI=1S/C11H19BrN4/c1-7(2)10-9(12)11(13)15-8(14-10)5-6-16(3)4/h7H,5-6H2,1-4H3,(H2,13,14,15). The summed E-state index contributed by atoms with van der Waals surface area (Å²) < 4.78 is 0.830. The van der Waals surface area contributed by atoms with Crippen LogP contribution >= 0.6 is 15.9 Å². The molecule has 0 aliphatic rings. The second-order valence-corrected chi connectivity index (χ2v) is 5.23. The first-order chi connectivity index (χ1) is 7.41. The summed E-state index contributed by atoms with van der Waals surface area (Å²) in [6, 6.07) is 0. The van der Waals surface area contributed by atoms with Crippen molar-refractivity contribution < 1.29 is 0 Å². The highest BCUT2D eigenvalue weighted by atomic mass is 79.9. The number of rotatable bonds is 4. The van der Waals surface area contributed by atoms with Gasteiger partial charge >= 0.3 is 0 Å². The molecule has 0 amide bonds. The largest absolute Gasteiger partial charge is 0.383 e. The van der Waals surface area contributed by atoms with Gasteiger partial charge in [0.25, 0.3) is 0 Å². The Labute approximate surface area is 105 Å². The third kappa shape index (κ3) is 3.42. The molecule has 0 bridgehead atoms. The van der Waals surface area contributed by atoms with Gasteiger partial charge in [0.05, 0.1) is 10.2 Å². The molecule has 0 aliphatic carbocycles. The van der Waals surface area contributed by atoms with Crippen LogP contribution in [0.3, 0.4) is 0 Å². The van der Waals surface area contributed by atoms with Gasteiger partial charge in [-0.1, -0.05) is 13.8 Å². The first-order valence-corrected chi connectivity index (χ1v) is 6.17. The molecule has 5 heteroatoms. The maximum atomic E-state index is 5.85. The van der Waals surface area contributed by atoms with Crippen LogP contribution in [0, 0.1) is 0 Å². The molecule has 0 radical (unpaired) electrons. The number of likely N-dealkylation sites (N-methyl/N-ethyl adjacent to an activating group) is 1. The summed E-state index contributed by atoms with van der Waals surface area (Å²) in [6.07, 6.45) is 0.824. The first kappa shape index (κ1) is 13.4. The number of anilines is 1. The average molecular weight is 287 g/mol. The lowest BCUT2D eigenvalue weighted by Crippen LogP contribution is -2.17. The van der Waals surface area contributed by atoms with E-state index in [9.17, 15) is 0 Å². The van der Waals surface area contributed by atoms with Crippen molar-refractivity contribution in [2.75, 3.05) is 26.4 Å². The zero-order valence-corrected chi connectivity index (χ0v) is 11.9. The number of halogens is 1. The van der Waals surface area contributed by atoms with Gasteiger partial charge < -0.3 is 10.6 Å². The van der Waals surface area contributed by atoms with Crippen LogP contribution in [-0.4, -0.2) is 35.5 Å². The van der Waals surface area contributed by atoms with E-state index in [1.807, 2.05) is 14.1 Å². The summed E-state index contributed by atoms with van der Waals surface area (Å²) in [6.45, 7) is 5.13. The molecule has 1 aromatic heterocycles. The molecule has 0 saturated heterocycles. The Bertz CT molecular complexity index is 363. The van der Waals surface area contributed by atoms with Gasteiger partial charge in [0, 0.05) is 13.0 Å². The summed E-state index contributed by atoms with van der Waals surface area (Å²) in [7, 11) is 4.07. The highest BCUT2D eigenvalue weighted by Gasteiger charge is 2.12. The lowest BCUT2D eigenvalue weighted by atomic mass is 10.1. The van der Waals surface area contributed by atoms with E-state index in [2.05, 4.69) is 44.6 Å². The Hall–Kier alpha value is -0.680. The Kier molecular flexibility index (Phi) is 4.68. The van der Waals surface area contributed by atoms with Crippen molar-refractivity contribution in [3.05, 3.63) is 16.0 Å². The zero-order chi connectivity index (χ0) is 12.3. The van der Waals surface area contributed by atoms with Gasteiger partial charge in [-0.05, 0) is 35.9 Å². The van der Waals surface area contributed by atoms with Crippen LogP contribution in [0.4, 0.5) is 5.82 Å². The van der Waals surface area contributed by atoms with Gasteiger partial charge in [-0.3, -0.25) is 0 Å². The zero-order valence-electron chi connectivity index (χ0n) is 10.3. The van der Waals surface area contributed by atoms with E-state index in [4.69, 9.17) is 5.73 Å². The molecule has 0 spiro atoms. The van der Waals surface area contributed by atoms with E-state index in [1.165, 1.54) is 0 Å². The average Bonchev–Trinajstić information content (AvgIpc) is 2.19. The maximum absolute atomic E-state index is 5.85. The van der Waals surface area contributed by atoms with Crippen LogP contribution in [0.15, 0.2) is 4.47 Å². The molecule has 90 valence electrons. The second kappa shape index (κ2) is 5.59. The molecule has 0 aromatic carbocycles. The molecule has 0 aliphatic heterocycles. The van der Waals surface area contributed by atoms with E-state index in [0.29, 0.717) is 11.7 Å². The third-order valence-electron chi connectivity index (χ3n) is 2.28. The third-order valence-corrected chi connectivity index (χ3v) is 3.09. The minimum atomic E-state index is 0.345. The molecule has 4 nitrogen and oxygen atoms in total. The molecule has 0 atom stereocenters. The van der Waals surface area contributed by atoms with E-state index in [-0.39, 0.29) is 0 Å². The van der Waals surface area contributed by atoms with Crippen LogP contribution in [-0.2, 0) is 6.42 Å². The Balaban J connectivity index is 2.95. The molecule has 1 heterocycles. The van der Waals surface area contributed by atoms with Crippen LogP contribution in [0.2, 0.25) is 0 Å². The van der Waals surface area contributed by atoms with Crippen molar-refractivity contribution in [1.82, 2.24) is 14.9 Å². The quantitative estimate of drug-likeness (QED) is 0.921. The monoisotopic (exact) mass is 286 g/mol. The lowest BCUT2D eigenvalue weighted by molar-refractivity contribution is 0.409. The van der Waals surface area contributed by atoms with Gasteiger partial charge in [-0.25, -0.2) is 9.97 Å². The highest BCUT2D eigenvalue weighted by molar-refractivity contribution is 9.10. The Morgan fingerprint density at radius 2 is 1.94 bits per heavy atom. The maximum Gasteiger partial charge on any atom is 0.141 e. The fourth-order valence-electron chi connectivity index (χ4n) is 1.35. The van der Waals surface area contributed by atoms with Crippen molar-refractivity contribution in [2.45, 2.75) is 26.2 Å². The Morgan fingerprint density at radius 1 is 1.31 bits per heavy atom. The van der Waals surface area contributed by atoms with E-state index >= 15 is 0 Å². The fraction of sp³-hybridized carbons (Fsp3) is 0.636. The molecule has 0 fully saturated rings. The van der Waals surface area contributed by atoms with Crippen molar-refractivity contribution in [3.8, 4) is 0 Å². The molecule has 16 heavy (non-hydrogen) atoms. The number of hydrogen-bond acceptors (Lipinski definition) is 4. The van der Waals surface area contributed by atoms with E-state index in [0.717, 1.165) is 29.0 Å². The summed E-state index contributed by atoms with van der Waals surface area (Å²) in [5.41, 5.74) is 6.84. The summed E-state index contributed by atoms with van der Waals surface area (Å²) >= 11 is 3.43. The first-order valence-electron chi connectivity index (χ1n) is 5.38. The normalized spacial score (nSPS) is 11.4. The van der Waals surface area contributed by atoms with Gasteiger partial charge in [-0.15, -0.1) is 0 Å². The topological polar surface area (TPSA) is 55.0 Å². The molecular formula is C11H19BrN4. The minimum absolute atomic E-state index is 0.345. The van der Waals surface area contributed by atoms with Crippen LogP contribution in [0.1, 0.15) is 31.3 Å². The predicted octanol–water partition coefficient (Wildman–Crippen LogP) is 2.05. The van der Waals surface area contributed by atoms with Crippen LogP contribution < -0.4 is 5.73 Å². The summed E-state index contributed by atoms with van der Waals surface area (Å²) in [4.78, 5) is 10.9. The van der Waals surface area contributed by atoms with Gasteiger partial charge in [0.1, 0.15) is 11.6 Å². The van der Waals surface area contributed by atoms with Crippen molar-refractivity contribution >= 4 is 21.7 Å². The molecule has 2 N–H and O–H groups in total. The van der Waals surface area contributed by atoms with Crippen molar-refractivity contribution in [1.29, 1.82) is 0 Å². The highest BCUT2D eigenvalue weighted by Crippen LogP contribution is 2.26. The molecule has 0 unspecified atom stereocenters. The minimum Gasteiger partial charge on any atom is -0.383 e. The number of nitrogens with zero attached hydrogens (tertiary/aromatic N) is 3. The summed E-state index contributed by atoms with van der Waals surface area (Å²) in [5, 5.41) is 0. The fourth-order valence-corrected chi connectivity index (χ4v) is 1.99. The predicted molar refractivity (Wildman–Crippen MR) is 70.5 cm³/mol. The smallest absolute Gasteiger partial charge is 0.141 e. The van der Waals surface area contributed by atoms with Crippen LogP contribution in [0.25, 0.3) is 0 Å². The van der Waals surface area contributed by atoms with E-state index < -0.39 is 0 Å². The SMILES string of the molecule is CC(C)c1nc(CCN(C)C)nc(N)c1Br. The number of nitrogens with two attached hydrogens (primary N) is 1. The molecule has 1 aromatic rings. The lowest BCUT2D eigenvalue weighted by Gasteiger charge is -2.13. The van der Waals surface area contributed by atoms with Gasteiger partial charge in [0.2, 0.25) is 0 Å². The molecule has 1 rings (SSSR count). The summed E-state index contributed by atoms with van der Waals surface area (Å²) in [5.74, 6) is 1.70. The van der Waals surface area contributed by atoms with Crippen molar-refractivity contribution in [3.63, 3.8) is 0 Å². The van der Waals surface area contributed by atoms with Gasteiger partial charge in [-0.2, -0.15) is 0 Å². The second-order valence-electron chi connectivity index (χ2n) is 4.43.